The Kier molecular flexibility index (Phi) is 3.47. The lowest BCUT2D eigenvalue weighted by Crippen LogP contribution is -2.48. The van der Waals surface area contributed by atoms with Crippen LogP contribution < -0.4 is 4.90 Å². The van der Waals surface area contributed by atoms with Crippen LogP contribution in [0.3, 0.4) is 0 Å². The van der Waals surface area contributed by atoms with Crippen molar-refractivity contribution < 1.29 is 4.74 Å². The molecule has 1 aliphatic rings. The molecule has 1 aromatic heterocycles. The number of hydrogen-bond acceptors (Lipinski definition) is 5. The molecule has 0 saturated carbocycles. The highest BCUT2D eigenvalue weighted by Crippen LogP contribution is 2.26. The first kappa shape index (κ1) is 11.8. The van der Waals surface area contributed by atoms with Crippen LogP contribution in [0.4, 0.5) is 5.82 Å². The fourth-order valence-electron chi connectivity index (χ4n) is 1.67. The summed E-state index contributed by atoms with van der Waals surface area (Å²) in [6.45, 7) is 5.40. The monoisotopic (exact) mass is 262 g/mol. The Morgan fingerprint density at radius 1 is 1.31 bits per heavy atom. The molecule has 1 aliphatic heterocycles. The molecule has 0 radical (unpaired) electrons. The van der Waals surface area contributed by atoms with Crippen molar-refractivity contribution in [3.05, 3.63) is 10.4 Å². The Balaban J connectivity index is 2.30. The first-order chi connectivity index (χ1) is 7.58. The lowest BCUT2D eigenvalue weighted by molar-refractivity contribution is 0.0340. The van der Waals surface area contributed by atoms with Gasteiger partial charge in [0.2, 0.25) is 5.28 Å². The summed E-state index contributed by atoms with van der Waals surface area (Å²) in [4.78, 5) is 6.15. The topological polar surface area (TPSA) is 51.1 Å². The average molecular weight is 263 g/mol. The van der Waals surface area contributed by atoms with E-state index >= 15 is 0 Å². The molecule has 0 aromatic carbocycles. The zero-order valence-corrected chi connectivity index (χ0v) is 10.5. The molecule has 2 rings (SSSR count). The quantitative estimate of drug-likeness (QED) is 0.773. The fourth-order valence-corrected chi connectivity index (χ4v) is 1.97. The van der Waals surface area contributed by atoms with Crippen molar-refractivity contribution in [3.63, 3.8) is 0 Å². The molecule has 1 aromatic rings. The summed E-state index contributed by atoms with van der Waals surface area (Å²) in [5.41, 5.74) is 0. The molecule has 2 atom stereocenters. The van der Waals surface area contributed by atoms with Crippen LogP contribution in [0.1, 0.15) is 13.8 Å². The van der Waals surface area contributed by atoms with Crippen LogP contribution in [0.2, 0.25) is 10.4 Å². The van der Waals surface area contributed by atoms with Gasteiger partial charge in [-0.15, -0.1) is 10.2 Å². The van der Waals surface area contributed by atoms with E-state index in [-0.39, 0.29) is 22.6 Å². The third kappa shape index (κ3) is 2.36. The summed E-state index contributed by atoms with van der Waals surface area (Å²) in [6, 6.07) is 0.196. The van der Waals surface area contributed by atoms with Crippen molar-refractivity contribution in [3.8, 4) is 0 Å². The third-order valence-electron chi connectivity index (χ3n) is 2.48. The summed E-state index contributed by atoms with van der Waals surface area (Å²) in [5.74, 6) is 0.573. The molecular formula is C9H12Cl2N4O. The standard InChI is InChI=1S/C9H12Cl2N4O/c1-5-4-16-6(2)3-15(5)8-7(10)13-14-9(11)12-8/h5-6H,3-4H2,1-2H3. The molecule has 0 aliphatic carbocycles. The summed E-state index contributed by atoms with van der Waals surface area (Å²) in [7, 11) is 0. The smallest absolute Gasteiger partial charge is 0.245 e. The van der Waals surface area contributed by atoms with E-state index in [2.05, 4.69) is 15.2 Å². The SMILES string of the molecule is CC1CN(c2nc(Cl)nnc2Cl)C(C)CO1. The molecule has 2 unspecified atom stereocenters. The second-order valence-electron chi connectivity index (χ2n) is 3.84. The first-order valence-electron chi connectivity index (χ1n) is 5.02. The predicted molar refractivity (Wildman–Crippen MR) is 62.1 cm³/mol. The van der Waals surface area contributed by atoms with Crippen molar-refractivity contribution >= 4 is 29.0 Å². The molecule has 2 heterocycles. The summed E-state index contributed by atoms with van der Waals surface area (Å²) in [6.07, 6.45) is 0.140. The van der Waals surface area contributed by atoms with Crippen molar-refractivity contribution in [1.82, 2.24) is 15.2 Å². The fraction of sp³-hybridized carbons (Fsp3) is 0.667. The van der Waals surface area contributed by atoms with E-state index in [0.717, 1.165) is 6.54 Å². The molecule has 5 nitrogen and oxygen atoms in total. The number of anilines is 1. The van der Waals surface area contributed by atoms with Gasteiger partial charge in [-0.2, -0.15) is 4.98 Å². The molecule has 0 N–H and O–H groups in total. The predicted octanol–water partition coefficient (Wildman–Crippen LogP) is 1.79. The van der Waals surface area contributed by atoms with Gasteiger partial charge >= 0.3 is 0 Å². The minimum atomic E-state index is 0.103. The highest BCUT2D eigenvalue weighted by molar-refractivity contribution is 6.32. The lowest BCUT2D eigenvalue weighted by Gasteiger charge is -2.37. The second-order valence-corrected chi connectivity index (χ2v) is 4.54. The number of nitrogens with zero attached hydrogens (tertiary/aromatic N) is 4. The van der Waals surface area contributed by atoms with E-state index in [4.69, 9.17) is 27.9 Å². The number of ether oxygens (including phenoxy) is 1. The zero-order valence-electron chi connectivity index (χ0n) is 9.02. The number of hydrogen-bond donors (Lipinski definition) is 0. The maximum Gasteiger partial charge on any atom is 0.245 e. The van der Waals surface area contributed by atoms with Crippen LogP contribution >= 0.6 is 23.2 Å². The van der Waals surface area contributed by atoms with Gasteiger partial charge < -0.3 is 9.64 Å². The summed E-state index contributed by atoms with van der Waals surface area (Å²) >= 11 is 11.7. The Labute approximate surface area is 104 Å². The zero-order chi connectivity index (χ0) is 11.7. The van der Waals surface area contributed by atoms with Crippen molar-refractivity contribution in [2.75, 3.05) is 18.1 Å². The van der Waals surface area contributed by atoms with E-state index in [9.17, 15) is 0 Å². The van der Waals surface area contributed by atoms with Crippen LogP contribution in [-0.2, 0) is 4.74 Å². The molecule has 88 valence electrons. The lowest BCUT2D eigenvalue weighted by atomic mass is 10.2. The number of rotatable bonds is 1. The van der Waals surface area contributed by atoms with Crippen molar-refractivity contribution in [2.24, 2.45) is 0 Å². The van der Waals surface area contributed by atoms with Crippen LogP contribution in [0, 0.1) is 0 Å². The molecule has 0 bridgehead atoms. The van der Waals surface area contributed by atoms with Crippen molar-refractivity contribution in [2.45, 2.75) is 26.0 Å². The maximum atomic E-state index is 5.97. The molecule has 1 fully saturated rings. The Morgan fingerprint density at radius 2 is 2.06 bits per heavy atom. The van der Waals surface area contributed by atoms with Crippen LogP contribution in [0.15, 0.2) is 0 Å². The molecule has 7 heteroatoms. The van der Waals surface area contributed by atoms with Gasteiger partial charge in [-0.1, -0.05) is 11.6 Å². The van der Waals surface area contributed by atoms with Gasteiger partial charge in [0, 0.05) is 6.54 Å². The van der Waals surface area contributed by atoms with Gasteiger partial charge in [0.05, 0.1) is 18.8 Å². The third-order valence-corrected chi connectivity index (χ3v) is 2.89. The van der Waals surface area contributed by atoms with E-state index in [0.29, 0.717) is 12.4 Å². The highest BCUT2D eigenvalue weighted by atomic mass is 35.5. The van der Waals surface area contributed by atoms with E-state index in [1.165, 1.54) is 0 Å². The van der Waals surface area contributed by atoms with Crippen LogP contribution in [-0.4, -0.2) is 40.5 Å². The molecule has 1 saturated heterocycles. The molecule has 0 amide bonds. The van der Waals surface area contributed by atoms with Gasteiger partial charge in [0.1, 0.15) is 0 Å². The molecule has 0 spiro atoms. The average Bonchev–Trinajstić information content (AvgIpc) is 2.25. The van der Waals surface area contributed by atoms with Crippen LogP contribution in [0.25, 0.3) is 0 Å². The van der Waals surface area contributed by atoms with E-state index in [1.807, 2.05) is 18.7 Å². The Bertz CT molecular complexity index is 390. The van der Waals surface area contributed by atoms with Gasteiger partial charge in [0.15, 0.2) is 11.0 Å². The van der Waals surface area contributed by atoms with E-state index in [1.54, 1.807) is 0 Å². The van der Waals surface area contributed by atoms with Gasteiger partial charge in [-0.25, -0.2) is 0 Å². The summed E-state index contributed by atoms with van der Waals surface area (Å²) in [5, 5.41) is 7.72. The Morgan fingerprint density at radius 3 is 2.81 bits per heavy atom. The van der Waals surface area contributed by atoms with Gasteiger partial charge in [-0.05, 0) is 25.4 Å². The number of aromatic nitrogens is 3. The second kappa shape index (κ2) is 4.69. The van der Waals surface area contributed by atoms with E-state index < -0.39 is 0 Å². The number of morpholine rings is 1. The van der Waals surface area contributed by atoms with Gasteiger partial charge in [0.25, 0.3) is 0 Å². The Hall–Kier alpha value is -0.650. The van der Waals surface area contributed by atoms with Crippen LogP contribution in [0.5, 0.6) is 0 Å². The van der Waals surface area contributed by atoms with Gasteiger partial charge in [-0.3, -0.25) is 0 Å². The minimum absolute atomic E-state index is 0.103. The first-order valence-corrected chi connectivity index (χ1v) is 5.77. The molecule has 16 heavy (non-hydrogen) atoms. The highest BCUT2D eigenvalue weighted by Gasteiger charge is 2.27. The summed E-state index contributed by atoms with van der Waals surface area (Å²) < 4.78 is 5.53. The van der Waals surface area contributed by atoms with Crippen molar-refractivity contribution in [1.29, 1.82) is 0 Å². The normalized spacial score (nSPS) is 25.9. The minimum Gasteiger partial charge on any atom is -0.375 e. The number of halogens is 2. The largest absolute Gasteiger partial charge is 0.375 e. The molecular weight excluding hydrogens is 251 g/mol. The maximum absolute atomic E-state index is 5.97.